The number of nitrogens with two attached hydrogens (primary N) is 2. The zero-order valence-corrected chi connectivity index (χ0v) is 8.69. The van der Waals surface area contributed by atoms with E-state index in [1.54, 1.807) is 0 Å². The van der Waals surface area contributed by atoms with Gasteiger partial charge in [0.15, 0.2) is 0 Å². The molecule has 0 aliphatic heterocycles. The molecule has 1 unspecified atom stereocenters. The standard InChI is InChI=1S/C7H9BrN2OS/c8-4-1-6(12-3-4)5(9)2-7(10)11/h1,3,5H,2,9H2,(H2,10,11). The Kier molecular flexibility index (Phi) is 3.25. The van der Waals surface area contributed by atoms with Gasteiger partial charge in [0, 0.05) is 27.2 Å². The Morgan fingerprint density at radius 1 is 1.75 bits per heavy atom. The minimum absolute atomic E-state index is 0.201. The maximum absolute atomic E-state index is 10.5. The lowest BCUT2D eigenvalue weighted by atomic mass is 10.2. The SMILES string of the molecule is NC(=O)CC(N)c1cc(Br)cs1. The summed E-state index contributed by atoms with van der Waals surface area (Å²) in [5.74, 6) is -0.368. The van der Waals surface area contributed by atoms with Crippen LogP contribution in [0, 0.1) is 0 Å². The minimum atomic E-state index is -0.368. The number of amides is 1. The summed E-state index contributed by atoms with van der Waals surface area (Å²) in [5.41, 5.74) is 10.7. The molecule has 0 radical (unpaired) electrons. The van der Waals surface area contributed by atoms with E-state index in [1.165, 1.54) is 11.3 Å². The molecule has 1 amide bonds. The molecule has 5 heteroatoms. The van der Waals surface area contributed by atoms with Crippen molar-refractivity contribution in [1.82, 2.24) is 0 Å². The van der Waals surface area contributed by atoms with E-state index in [4.69, 9.17) is 11.5 Å². The van der Waals surface area contributed by atoms with Gasteiger partial charge in [0.2, 0.25) is 5.91 Å². The second kappa shape index (κ2) is 4.02. The van der Waals surface area contributed by atoms with Crippen molar-refractivity contribution < 1.29 is 4.79 Å². The van der Waals surface area contributed by atoms with Crippen molar-refractivity contribution in [1.29, 1.82) is 0 Å². The second-order valence-electron chi connectivity index (χ2n) is 2.44. The summed E-state index contributed by atoms with van der Waals surface area (Å²) >= 11 is 4.83. The third kappa shape index (κ3) is 2.58. The quantitative estimate of drug-likeness (QED) is 0.849. The molecule has 0 saturated carbocycles. The van der Waals surface area contributed by atoms with E-state index in [-0.39, 0.29) is 18.4 Å². The van der Waals surface area contributed by atoms with Gasteiger partial charge in [0.25, 0.3) is 0 Å². The zero-order chi connectivity index (χ0) is 9.14. The summed E-state index contributed by atoms with van der Waals surface area (Å²) in [7, 11) is 0. The summed E-state index contributed by atoms with van der Waals surface area (Å²) in [5, 5.41) is 1.93. The number of thiophene rings is 1. The molecule has 1 aromatic rings. The zero-order valence-electron chi connectivity index (χ0n) is 6.29. The minimum Gasteiger partial charge on any atom is -0.370 e. The van der Waals surface area contributed by atoms with Crippen LogP contribution in [0.4, 0.5) is 0 Å². The molecule has 0 fully saturated rings. The lowest BCUT2D eigenvalue weighted by molar-refractivity contribution is -0.118. The largest absolute Gasteiger partial charge is 0.370 e. The topological polar surface area (TPSA) is 69.1 Å². The summed E-state index contributed by atoms with van der Waals surface area (Å²) in [6.07, 6.45) is 0.201. The number of rotatable bonds is 3. The Labute approximate surface area is 82.9 Å². The number of carbonyl (C=O) groups excluding carboxylic acids is 1. The van der Waals surface area contributed by atoms with E-state index in [1.807, 2.05) is 11.4 Å². The first kappa shape index (κ1) is 9.70. The van der Waals surface area contributed by atoms with Gasteiger partial charge in [-0.15, -0.1) is 11.3 Å². The van der Waals surface area contributed by atoms with Crippen LogP contribution in [0.25, 0.3) is 0 Å². The van der Waals surface area contributed by atoms with E-state index < -0.39 is 0 Å². The first-order chi connectivity index (χ1) is 5.59. The average Bonchev–Trinajstić information content (AvgIpc) is 2.34. The molecule has 0 bridgehead atoms. The van der Waals surface area contributed by atoms with Crippen LogP contribution in [0.2, 0.25) is 0 Å². The van der Waals surface area contributed by atoms with Gasteiger partial charge in [-0.25, -0.2) is 0 Å². The van der Waals surface area contributed by atoms with Gasteiger partial charge in [-0.05, 0) is 22.0 Å². The molecular weight excluding hydrogens is 240 g/mol. The predicted molar refractivity (Wildman–Crippen MR) is 52.8 cm³/mol. The summed E-state index contributed by atoms with van der Waals surface area (Å²) < 4.78 is 0.988. The number of hydrogen-bond acceptors (Lipinski definition) is 3. The molecule has 1 aromatic heterocycles. The predicted octanol–water partition coefficient (Wildman–Crippen LogP) is 1.39. The summed E-state index contributed by atoms with van der Waals surface area (Å²) in [6.45, 7) is 0. The van der Waals surface area contributed by atoms with Crippen molar-refractivity contribution in [3.8, 4) is 0 Å². The van der Waals surface area contributed by atoms with Crippen LogP contribution < -0.4 is 11.5 Å². The van der Waals surface area contributed by atoms with E-state index >= 15 is 0 Å². The molecular formula is C7H9BrN2OS. The molecule has 0 aliphatic rings. The fraction of sp³-hybridized carbons (Fsp3) is 0.286. The van der Waals surface area contributed by atoms with Gasteiger partial charge in [-0.3, -0.25) is 4.79 Å². The molecule has 0 aliphatic carbocycles. The summed E-state index contributed by atoms with van der Waals surface area (Å²) in [4.78, 5) is 11.5. The highest BCUT2D eigenvalue weighted by Crippen LogP contribution is 2.25. The maximum Gasteiger partial charge on any atom is 0.219 e. The number of carbonyl (C=O) groups is 1. The molecule has 1 atom stereocenters. The van der Waals surface area contributed by atoms with Crippen molar-refractivity contribution in [3.63, 3.8) is 0 Å². The summed E-state index contributed by atoms with van der Waals surface area (Å²) in [6, 6.07) is 1.64. The van der Waals surface area contributed by atoms with E-state index in [0.29, 0.717) is 0 Å². The van der Waals surface area contributed by atoms with Crippen LogP contribution in [0.1, 0.15) is 17.3 Å². The molecule has 0 spiro atoms. The third-order valence-electron chi connectivity index (χ3n) is 1.37. The Morgan fingerprint density at radius 3 is 2.83 bits per heavy atom. The monoisotopic (exact) mass is 248 g/mol. The smallest absolute Gasteiger partial charge is 0.219 e. The van der Waals surface area contributed by atoms with Gasteiger partial charge in [0.1, 0.15) is 0 Å². The van der Waals surface area contributed by atoms with Crippen molar-refractivity contribution in [2.75, 3.05) is 0 Å². The first-order valence-corrected chi connectivity index (χ1v) is 5.04. The van der Waals surface area contributed by atoms with Crippen LogP contribution in [0.15, 0.2) is 15.9 Å². The van der Waals surface area contributed by atoms with Crippen LogP contribution in [-0.2, 0) is 4.79 Å². The number of primary amides is 1. The Bertz CT molecular complexity index is 287. The third-order valence-corrected chi connectivity index (χ3v) is 3.20. The second-order valence-corrected chi connectivity index (χ2v) is 4.30. The number of halogens is 1. The van der Waals surface area contributed by atoms with E-state index in [0.717, 1.165) is 9.35 Å². The van der Waals surface area contributed by atoms with Gasteiger partial charge in [-0.2, -0.15) is 0 Å². The molecule has 12 heavy (non-hydrogen) atoms. The molecule has 1 heterocycles. The van der Waals surface area contributed by atoms with Gasteiger partial charge in [-0.1, -0.05) is 0 Å². The average molecular weight is 249 g/mol. The fourth-order valence-corrected chi connectivity index (χ4v) is 2.29. The van der Waals surface area contributed by atoms with E-state index in [2.05, 4.69) is 15.9 Å². The highest BCUT2D eigenvalue weighted by atomic mass is 79.9. The molecule has 3 nitrogen and oxygen atoms in total. The van der Waals surface area contributed by atoms with Crippen LogP contribution >= 0.6 is 27.3 Å². The van der Waals surface area contributed by atoms with Gasteiger partial charge >= 0.3 is 0 Å². The normalized spacial score (nSPS) is 12.8. The molecule has 0 saturated heterocycles. The van der Waals surface area contributed by atoms with Crippen LogP contribution in [0.5, 0.6) is 0 Å². The van der Waals surface area contributed by atoms with Gasteiger partial charge < -0.3 is 11.5 Å². The van der Waals surface area contributed by atoms with Gasteiger partial charge in [0.05, 0.1) is 0 Å². The molecule has 0 aromatic carbocycles. The lowest BCUT2D eigenvalue weighted by Crippen LogP contribution is -2.19. The molecule has 66 valence electrons. The van der Waals surface area contributed by atoms with Crippen molar-refractivity contribution in [2.24, 2.45) is 11.5 Å². The lowest BCUT2D eigenvalue weighted by Gasteiger charge is -2.04. The Balaban J connectivity index is 2.64. The maximum atomic E-state index is 10.5. The van der Waals surface area contributed by atoms with Crippen molar-refractivity contribution in [3.05, 3.63) is 20.8 Å². The van der Waals surface area contributed by atoms with E-state index in [9.17, 15) is 4.79 Å². The molecule has 4 N–H and O–H groups in total. The first-order valence-electron chi connectivity index (χ1n) is 3.37. The van der Waals surface area contributed by atoms with Crippen LogP contribution in [0.3, 0.4) is 0 Å². The Hall–Kier alpha value is -0.390. The highest BCUT2D eigenvalue weighted by Gasteiger charge is 2.10. The van der Waals surface area contributed by atoms with Crippen molar-refractivity contribution >= 4 is 33.2 Å². The number of hydrogen-bond donors (Lipinski definition) is 2. The fourth-order valence-electron chi connectivity index (χ4n) is 0.840. The van der Waals surface area contributed by atoms with Crippen LogP contribution in [-0.4, -0.2) is 5.91 Å². The van der Waals surface area contributed by atoms with Crippen molar-refractivity contribution in [2.45, 2.75) is 12.5 Å². The Morgan fingerprint density at radius 2 is 2.42 bits per heavy atom. The molecule has 1 rings (SSSR count). The highest BCUT2D eigenvalue weighted by molar-refractivity contribution is 9.10.